The zero-order valence-electron chi connectivity index (χ0n) is 11.1. The number of hydrogen-bond donors (Lipinski definition) is 3. The van der Waals surface area contributed by atoms with Gasteiger partial charge in [0.1, 0.15) is 6.33 Å². The molecular weight excluding hydrogens is 250 g/mol. The highest BCUT2D eigenvalue weighted by molar-refractivity contribution is 5.68. The number of likely N-dealkylation sites (N-methyl/N-ethyl adjacent to an activating group) is 1. The first kappa shape index (κ1) is 15.1. The molecule has 0 atom stereocenters. The van der Waals surface area contributed by atoms with Gasteiger partial charge < -0.3 is 15.6 Å². The highest BCUT2D eigenvalue weighted by Crippen LogP contribution is 2.27. The Kier molecular flexibility index (Phi) is 5.90. The van der Waals surface area contributed by atoms with Crippen LogP contribution in [0.25, 0.3) is 0 Å². The van der Waals surface area contributed by atoms with Crippen molar-refractivity contribution in [3.8, 4) is 0 Å². The third-order valence-electron chi connectivity index (χ3n) is 2.76. The number of aromatic nitrogens is 2. The topological polar surface area (TPSA) is 122 Å². The molecule has 0 aliphatic heterocycles. The molecule has 1 rings (SSSR count). The summed E-state index contributed by atoms with van der Waals surface area (Å²) in [7, 11) is 0. The van der Waals surface area contributed by atoms with Crippen LogP contribution in [0.5, 0.6) is 0 Å². The van der Waals surface area contributed by atoms with Crippen LogP contribution < -0.4 is 16.6 Å². The molecule has 0 aliphatic carbocycles. The lowest BCUT2D eigenvalue weighted by Gasteiger charge is -2.18. The predicted octanol–water partition coefficient (Wildman–Crippen LogP) is 0.424. The van der Waals surface area contributed by atoms with Crippen LogP contribution in [0.1, 0.15) is 13.8 Å². The van der Waals surface area contributed by atoms with Crippen molar-refractivity contribution in [1.82, 2.24) is 14.9 Å². The lowest BCUT2D eigenvalue weighted by molar-refractivity contribution is -0.383. The zero-order valence-corrected chi connectivity index (χ0v) is 11.1. The number of rotatable bonds is 8. The lowest BCUT2D eigenvalue weighted by Crippen LogP contribution is -2.29. The average Bonchev–Trinajstić information content (AvgIpc) is 2.42. The van der Waals surface area contributed by atoms with E-state index in [4.69, 9.17) is 5.84 Å². The fourth-order valence-corrected chi connectivity index (χ4v) is 1.66. The second-order valence-electron chi connectivity index (χ2n) is 3.77. The summed E-state index contributed by atoms with van der Waals surface area (Å²) >= 11 is 0. The van der Waals surface area contributed by atoms with Crippen LogP contribution in [-0.2, 0) is 0 Å². The van der Waals surface area contributed by atoms with Crippen molar-refractivity contribution in [2.24, 2.45) is 5.84 Å². The van der Waals surface area contributed by atoms with E-state index in [-0.39, 0.29) is 17.3 Å². The van der Waals surface area contributed by atoms with Crippen LogP contribution in [0.2, 0.25) is 0 Å². The average molecular weight is 269 g/mol. The van der Waals surface area contributed by atoms with Gasteiger partial charge in [-0.3, -0.25) is 10.1 Å². The number of hydrogen-bond acceptors (Lipinski definition) is 8. The van der Waals surface area contributed by atoms with Crippen LogP contribution in [-0.4, -0.2) is 46.0 Å². The van der Waals surface area contributed by atoms with E-state index in [1.807, 2.05) is 0 Å². The van der Waals surface area contributed by atoms with Gasteiger partial charge in [0, 0.05) is 13.1 Å². The number of nitrogens with two attached hydrogens (primary N) is 1. The minimum Gasteiger partial charge on any atom is -0.363 e. The number of nitrogens with zero attached hydrogens (tertiary/aromatic N) is 4. The molecule has 0 radical (unpaired) electrons. The first-order chi connectivity index (χ1) is 9.13. The Morgan fingerprint density at radius 3 is 2.53 bits per heavy atom. The van der Waals surface area contributed by atoms with Crippen molar-refractivity contribution in [3.05, 3.63) is 16.4 Å². The monoisotopic (exact) mass is 269 g/mol. The van der Waals surface area contributed by atoms with Gasteiger partial charge in [-0.15, -0.1) is 0 Å². The summed E-state index contributed by atoms with van der Waals surface area (Å²) in [5.74, 6) is 5.35. The Labute approximate surface area is 111 Å². The van der Waals surface area contributed by atoms with Crippen molar-refractivity contribution in [2.45, 2.75) is 13.8 Å². The molecule has 0 unspecified atom stereocenters. The van der Waals surface area contributed by atoms with Gasteiger partial charge in [-0.2, -0.15) is 0 Å². The summed E-state index contributed by atoms with van der Waals surface area (Å²) in [6, 6.07) is 0. The second kappa shape index (κ2) is 7.44. The third kappa shape index (κ3) is 4.00. The highest BCUT2D eigenvalue weighted by atomic mass is 16.6. The Morgan fingerprint density at radius 1 is 1.37 bits per heavy atom. The summed E-state index contributed by atoms with van der Waals surface area (Å²) < 4.78 is 0. The van der Waals surface area contributed by atoms with Crippen LogP contribution in [0.3, 0.4) is 0 Å². The van der Waals surface area contributed by atoms with Crippen molar-refractivity contribution in [1.29, 1.82) is 0 Å². The number of nitrogens with one attached hydrogen (secondary N) is 2. The van der Waals surface area contributed by atoms with E-state index >= 15 is 0 Å². The molecule has 0 amide bonds. The van der Waals surface area contributed by atoms with Crippen molar-refractivity contribution in [2.75, 3.05) is 36.9 Å². The second-order valence-corrected chi connectivity index (χ2v) is 3.77. The Morgan fingerprint density at radius 2 is 2.00 bits per heavy atom. The lowest BCUT2D eigenvalue weighted by atomic mass is 10.4. The molecule has 0 aromatic carbocycles. The minimum absolute atomic E-state index is 0.00895. The van der Waals surface area contributed by atoms with E-state index in [9.17, 15) is 10.1 Å². The molecule has 0 bridgehead atoms. The number of nitrogen functional groups attached to an aromatic ring is 1. The molecule has 0 aliphatic rings. The zero-order chi connectivity index (χ0) is 14.3. The molecule has 0 saturated heterocycles. The molecule has 106 valence electrons. The number of nitro groups is 1. The SMILES string of the molecule is CCN(CC)CCNc1ncnc(NN)c1[N+](=O)[O-]. The smallest absolute Gasteiger partial charge is 0.354 e. The van der Waals surface area contributed by atoms with Crippen molar-refractivity contribution >= 4 is 17.3 Å². The molecule has 0 saturated carbocycles. The van der Waals surface area contributed by atoms with E-state index in [1.54, 1.807) is 0 Å². The summed E-state index contributed by atoms with van der Waals surface area (Å²) in [5.41, 5.74) is 1.95. The first-order valence-electron chi connectivity index (χ1n) is 6.06. The summed E-state index contributed by atoms with van der Waals surface area (Å²) in [6.07, 6.45) is 1.22. The quantitative estimate of drug-likeness (QED) is 0.352. The van der Waals surface area contributed by atoms with E-state index in [2.05, 4.69) is 39.5 Å². The van der Waals surface area contributed by atoms with Crippen LogP contribution in [0.4, 0.5) is 17.3 Å². The number of anilines is 2. The predicted molar refractivity (Wildman–Crippen MR) is 72.8 cm³/mol. The van der Waals surface area contributed by atoms with Crippen molar-refractivity contribution < 1.29 is 4.92 Å². The van der Waals surface area contributed by atoms with Crippen molar-refractivity contribution in [3.63, 3.8) is 0 Å². The fraction of sp³-hybridized carbons (Fsp3) is 0.600. The summed E-state index contributed by atoms with van der Waals surface area (Å²) in [5, 5.41) is 13.9. The Bertz CT molecular complexity index is 422. The van der Waals surface area contributed by atoms with Gasteiger partial charge in [0.25, 0.3) is 0 Å². The molecule has 9 nitrogen and oxygen atoms in total. The molecule has 4 N–H and O–H groups in total. The molecule has 9 heteroatoms. The maximum Gasteiger partial charge on any atom is 0.354 e. The van der Waals surface area contributed by atoms with Crippen LogP contribution in [0, 0.1) is 10.1 Å². The van der Waals surface area contributed by atoms with Gasteiger partial charge in [-0.05, 0) is 13.1 Å². The van der Waals surface area contributed by atoms with Gasteiger partial charge in [0.2, 0.25) is 11.6 Å². The van der Waals surface area contributed by atoms with Crippen LogP contribution >= 0.6 is 0 Å². The highest BCUT2D eigenvalue weighted by Gasteiger charge is 2.21. The standard InChI is InChI=1S/C10H19N7O2/c1-3-16(4-2)6-5-12-9-8(17(18)19)10(15-11)14-7-13-9/h7H,3-6,11H2,1-2H3,(H2,12,13,14,15). The summed E-state index contributed by atoms with van der Waals surface area (Å²) in [6.45, 7) is 7.32. The molecule has 0 spiro atoms. The first-order valence-corrected chi connectivity index (χ1v) is 6.06. The normalized spacial score (nSPS) is 10.5. The molecule has 1 aromatic rings. The Balaban J connectivity index is 2.75. The van der Waals surface area contributed by atoms with Gasteiger partial charge >= 0.3 is 5.69 Å². The number of hydrazine groups is 1. The Hall–Kier alpha value is -2.00. The van der Waals surface area contributed by atoms with E-state index in [1.165, 1.54) is 6.33 Å². The van der Waals surface area contributed by atoms with Gasteiger partial charge in [0.05, 0.1) is 4.92 Å². The fourth-order valence-electron chi connectivity index (χ4n) is 1.66. The van der Waals surface area contributed by atoms with Gasteiger partial charge in [-0.25, -0.2) is 15.8 Å². The third-order valence-corrected chi connectivity index (χ3v) is 2.76. The maximum atomic E-state index is 11.0. The van der Waals surface area contributed by atoms with E-state index < -0.39 is 4.92 Å². The molecular formula is C10H19N7O2. The summed E-state index contributed by atoms with van der Waals surface area (Å²) in [4.78, 5) is 20.2. The molecule has 1 heterocycles. The van der Waals surface area contributed by atoms with Crippen LogP contribution in [0.15, 0.2) is 6.33 Å². The molecule has 0 fully saturated rings. The minimum atomic E-state index is -0.561. The van der Waals surface area contributed by atoms with Gasteiger partial charge in [0.15, 0.2) is 0 Å². The molecule has 19 heavy (non-hydrogen) atoms. The molecule has 1 aromatic heterocycles. The van der Waals surface area contributed by atoms with Gasteiger partial charge in [-0.1, -0.05) is 13.8 Å². The van der Waals surface area contributed by atoms with E-state index in [0.717, 1.165) is 19.6 Å². The van der Waals surface area contributed by atoms with E-state index in [0.29, 0.717) is 6.54 Å². The maximum absolute atomic E-state index is 11.0. The largest absolute Gasteiger partial charge is 0.363 e.